The van der Waals surface area contributed by atoms with Crippen LogP contribution in [0.1, 0.15) is 5.56 Å². The van der Waals surface area contributed by atoms with E-state index in [4.69, 9.17) is 0 Å². The monoisotopic (exact) mass is 312 g/mol. The molecule has 0 spiro atoms. The molecule has 1 N–H and O–H groups in total. The molecule has 22 heavy (non-hydrogen) atoms. The summed E-state index contributed by atoms with van der Waals surface area (Å²) in [5.74, 6) is 0. The van der Waals surface area contributed by atoms with Gasteiger partial charge >= 0.3 is 6.18 Å². The predicted octanol–water partition coefficient (Wildman–Crippen LogP) is 1.36. The van der Waals surface area contributed by atoms with Gasteiger partial charge in [-0.2, -0.15) is 13.2 Å². The van der Waals surface area contributed by atoms with E-state index in [1.807, 2.05) is 0 Å². The van der Waals surface area contributed by atoms with E-state index in [0.717, 1.165) is 4.57 Å². The van der Waals surface area contributed by atoms with E-state index >= 15 is 0 Å². The van der Waals surface area contributed by atoms with Crippen LogP contribution in [-0.4, -0.2) is 35.7 Å². The molecule has 8 heteroatoms. The molecule has 3 heterocycles. The van der Waals surface area contributed by atoms with E-state index in [-0.39, 0.29) is 11.2 Å². The van der Waals surface area contributed by atoms with E-state index in [1.165, 1.54) is 13.2 Å². The summed E-state index contributed by atoms with van der Waals surface area (Å²) in [7, 11) is 1.34. The molecule has 1 aliphatic heterocycles. The first kappa shape index (κ1) is 14.8. The molecule has 1 saturated heterocycles. The van der Waals surface area contributed by atoms with E-state index in [2.05, 4.69) is 10.3 Å². The molecule has 1 aliphatic rings. The van der Waals surface area contributed by atoms with Gasteiger partial charge < -0.3 is 14.8 Å². The number of piperazine rings is 1. The highest BCUT2D eigenvalue weighted by Gasteiger charge is 2.40. The van der Waals surface area contributed by atoms with Crippen molar-refractivity contribution in [2.75, 3.05) is 31.1 Å². The maximum Gasteiger partial charge on any atom is 0.423 e. The molecule has 2 aromatic rings. The Balaban J connectivity index is 2.39. The van der Waals surface area contributed by atoms with Crippen LogP contribution in [0.15, 0.2) is 23.1 Å². The lowest BCUT2D eigenvalue weighted by molar-refractivity contribution is -0.138. The van der Waals surface area contributed by atoms with E-state index in [0.29, 0.717) is 31.7 Å². The van der Waals surface area contributed by atoms with Crippen LogP contribution in [0.2, 0.25) is 0 Å². The van der Waals surface area contributed by atoms with Crippen LogP contribution < -0.4 is 15.8 Å². The molecular weight excluding hydrogens is 297 g/mol. The molecule has 2 aromatic heterocycles. The van der Waals surface area contributed by atoms with Crippen molar-refractivity contribution in [1.29, 1.82) is 0 Å². The van der Waals surface area contributed by atoms with Gasteiger partial charge in [-0.1, -0.05) is 0 Å². The number of halogens is 3. The zero-order valence-corrected chi connectivity index (χ0v) is 11.9. The zero-order chi connectivity index (χ0) is 15.9. The van der Waals surface area contributed by atoms with Gasteiger partial charge in [0.2, 0.25) is 0 Å². The molecule has 0 aromatic carbocycles. The Kier molecular flexibility index (Phi) is 3.56. The molecule has 0 atom stereocenters. The van der Waals surface area contributed by atoms with Gasteiger partial charge in [0, 0.05) is 39.4 Å². The van der Waals surface area contributed by atoms with Crippen molar-refractivity contribution >= 4 is 16.7 Å². The van der Waals surface area contributed by atoms with Crippen LogP contribution in [0, 0.1) is 0 Å². The Labute approximate surface area is 124 Å². The summed E-state index contributed by atoms with van der Waals surface area (Å²) >= 11 is 0. The quantitative estimate of drug-likeness (QED) is 0.864. The lowest BCUT2D eigenvalue weighted by atomic mass is 10.1. The Hall–Kier alpha value is -2.09. The number of hydrogen-bond donors (Lipinski definition) is 1. The normalized spacial score (nSPS) is 16.3. The van der Waals surface area contributed by atoms with Crippen molar-refractivity contribution in [2.24, 2.45) is 7.05 Å². The fraction of sp³-hybridized carbons (Fsp3) is 0.429. The van der Waals surface area contributed by atoms with Crippen molar-refractivity contribution in [3.8, 4) is 0 Å². The van der Waals surface area contributed by atoms with E-state index in [1.54, 1.807) is 17.0 Å². The highest BCUT2D eigenvalue weighted by molar-refractivity contribution is 5.90. The molecule has 118 valence electrons. The minimum Gasteiger partial charge on any atom is -0.367 e. The molecular formula is C14H15F3N4O. The number of rotatable bonds is 1. The minimum absolute atomic E-state index is 0.104. The molecule has 0 saturated carbocycles. The van der Waals surface area contributed by atoms with Gasteiger partial charge in [-0.25, -0.2) is 0 Å². The molecule has 5 nitrogen and oxygen atoms in total. The summed E-state index contributed by atoms with van der Waals surface area (Å²) in [5.41, 5.74) is -1.68. The van der Waals surface area contributed by atoms with Gasteiger partial charge in [0.05, 0.1) is 11.2 Å². The van der Waals surface area contributed by atoms with Crippen LogP contribution in [0.4, 0.5) is 18.9 Å². The first-order chi connectivity index (χ1) is 10.4. The van der Waals surface area contributed by atoms with Gasteiger partial charge in [0.1, 0.15) is 11.1 Å². The largest absolute Gasteiger partial charge is 0.423 e. The van der Waals surface area contributed by atoms with Crippen molar-refractivity contribution in [3.63, 3.8) is 0 Å². The number of hydrogen-bond acceptors (Lipinski definition) is 4. The summed E-state index contributed by atoms with van der Waals surface area (Å²) < 4.78 is 41.5. The lowest BCUT2D eigenvalue weighted by Gasteiger charge is -2.32. The molecule has 0 bridgehead atoms. The Morgan fingerprint density at radius 3 is 2.59 bits per heavy atom. The summed E-state index contributed by atoms with van der Waals surface area (Å²) in [6, 6.07) is 3.21. The van der Waals surface area contributed by atoms with Gasteiger partial charge in [-0.3, -0.25) is 9.78 Å². The highest BCUT2D eigenvalue weighted by atomic mass is 19.4. The average molecular weight is 312 g/mol. The van der Waals surface area contributed by atoms with Crippen molar-refractivity contribution in [2.45, 2.75) is 6.18 Å². The van der Waals surface area contributed by atoms with Crippen molar-refractivity contribution in [3.05, 3.63) is 34.2 Å². The summed E-state index contributed by atoms with van der Waals surface area (Å²) in [4.78, 5) is 18.0. The number of alkyl halides is 3. The topological polar surface area (TPSA) is 50.2 Å². The summed E-state index contributed by atoms with van der Waals surface area (Å²) in [6.45, 7) is 1.95. The van der Waals surface area contributed by atoms with Crippen molar-refractivity contribution < 1.29 is 13.2 Å². The van der Waals surface area contributed by atoms with Crippen LogP contribution in [0.3, 0.4) is 0 Å². The maximum absolute atomic E-state index is 13.5. The Morgan fingerprint density at radius 1 is 1.27 bits per heavy atom. The van der Waals surface area contributed by atoms with Gasteiger partial charge in [0.15, 0.2) is 0 Å². The number of aromatic nitrogens is 2. The number of fused-ring (bicyclic) bond motifs is 1. The number of nitrogens with zero attached hydrogens (tertiary/aromatic N) is 3. The third kappa shape index (κ3) is 2.33. The van der Waals surface area contributed by atoms with Crippen LogP contribution in [0.25, 0.3) is 11.0 Å². The second kappa shape index (κ2) is 5.28. The van der Waals surface area contributed by atoms with Crippen molar-refractivity contribution in [1.82, 2.24) is 14.9 Å². The van der Waals surface area contributed by atoms with E-state index in [9.17, 15) is 18.0 Å². The Morgan fingerprint density at radius 2 is 1.95 bits per heavy atom. The Bertz CT molecular complexity index is 763. The number of nitrogens with one attached hydrogen (secondary N) is 1. The average Bonchev–Trinajstić information content (AvgIpc) is 2.50. The number of anilines is 1. The van der Waals surface area contributed by atoms with Gasteiger partial charge in [-0.05, 0) is 12.1 Å². The zero-order valence-electron chi connectivity index (χ0n) is 11.9. The second-order valence-corrected chi connectivity index (χ2v) is 5.19. The lowest BCUT2D eigenvalue weighted by Crippen LogP contribution is -2.45. The van der Waals surface area contributed by atoms with Crippen LogP contribution in [0.5, 0.6) is 0 Å². The fourth-order valence-electron chi connectivity index (χ4n) is 2.80. The molecule has 0 unspecified atom stereocenters. The predicted molar refractivity (Wildman–Crippen MR) is 77.1 cm³/mol. The molecule has 3 rings (SSSR count). The number of aryl methyl sites for hydroxylation is 1. The molecule has 0 radical (unpaired) electrons. The third-order valence-electron chi connectivity index (χ3n) is 3.84. The smallest absolute Gasteiger partial charge is 0.367 e. The molecule has 0 amide bonds. The van der Waals surface area contributed by atoms with Crippen LogP contribution >= 0.6 is 0 Å². The first-order valence-electron chi connectivity index (χ1n) is 6.92. The summed E-state index contributed by atoms with van der Waals surface area (Å²) in [6.07, 6.45) is -3.28. The van der Waals surface area contributed by atoms with E-state index < -0.39 is 17.3 Å². The molecule has 0 aliphatic carbocycles. The fourth-order valence-corrected chi connectivity index (χ4v) is 2.80. The number of pyridine rings is 2. The minimum atomic E-state index is -4.72. The summed E-state index contributed by atoms with van der Waals surface area (Å²) in [5, 5.41) is 3.09. The standard InChI is InChI=1S/C14H15F3N4O/c1-20-9-3-2-4-19-11(9)12(21-7-5-18-6-8-21)10(13(20)22)14(15,16)17/h2-4,18H,5-8H2,1H3. The van der Waals surface area contributed by atoms with Gasteiger partial charge in [-0.15, -0.1) is 0 Å². The highest BCUT2D eigenvalue weighted by Crippen LogP contribution is 2.37. The van der Waals surface area contributed by atoms with Crippen LogP contribution in [-0.2, 0) is 13.2 Å². The SMILES string of the molecule is Cn1c(=O)c(C(F)(F)F)c(N2CCNCC2)c2ncccc21. The maximum atomic E-state index is 13.5. The molecule has 1 fully saturated rings. The third-order valence-corrected chi connectivity index (χ3v) is 3.84. The first-order valence-corrected chi connectivity index (χ1v) is 6.92. The van der Waals surface area contributed by atoms with Gasteiger partial charge in [0.25, 0.3) is 5.56 Å². The second-order valence-electron chi connectivity index (χ2n) is 5.19.